The summed E-state index contributed by atoms with van der Waals surface area (Å²) in [5, 5.41) is 3.63. The summed E-state index contributed by atoms with van der Waals surface area (Å²) in [7, 11) is -3.66. The summed E-state index contributed by atoms with van der Waals surface area (Å²) in [4.78, 5) is 2.73. The molecule has 3 unspecified atom stereocenters. The Morgan fingerprint density at radius 3 is 2.07 bits per heavy atom. The number of allylic oxidation sites excluding steroid dienone is 2. The molecule has 0 aromatic heterocycles. The van der Waals surface area contributed by atoms with E-state index >= 15 is 0 Å². The van der Waals surface area contributed by atoms with Crippen LogP contribution in [0.2, 0.25) is 0 Å². The quantitative estimate of drug-likeness (QED) is 0.257. The van der Waals surface area contributed by atoms with Crippen molar-refractivity contribution >= 4 is 15.7 Å². The van der Waals surface area contributed by atoms with Crippen LogP contribution in [0.25, 0.3) is 0 Å². The van der Waals surface area contributed by atoms with Crippen molar-refractivity contribution in [2.45, 2.75) is 29.3 Å². The SMILES string of the molecule is O=S(=O)(c1ccc2c(c1)C1C=CCC1C(c1ccc(F)cc1)N2)N1CCN(C(c2ccccc2)c2ccccc2)CC1. The number of nitrogens with zero attached hydrogens (tertiary/aromatic N) is 2. The molecule has 1 fully saturated rings. The number of hydrogen-bond donors (Lipinski definition) is 1. The van der Waals surface area contributed by atoms with E-state index in [1.807, 2.05) is 36.4 Å². The van der Waals surface area contributed by atoms with Crippen LogP contribution in [0.4, 0.5) is 10.1 Å². The molecule has 1 saturated heterocycles. The summed E-state index contributed by atoms with van der Waals surface area (Å²) in [6.45, 7) is 2.17. The molecule has 0 saturated carbocycles. The minimum Gasteiger partial charge on any atom is -0.378 e. The topological polar surface area (TPSA) is 52.7 Å². The van der Waals surface area contributed by atoms with Crippen LogP contribution >= 0.6 is 0 Å². The summed E-state index contributed by atoms with van der Waals surface area (Å²) in [5.74, 6) is 0.112. The van der Waals surface area contributed by atoms with E-state index < -0.39 is 10.0 Å². The second-order valence-electron chi connectivity index (χ2n) is 11.4. The van der Waals surface area contributed by atoms with E-state index in [1.165, 1.54) is 23.3 Å². The highest BCUT2D eigenvalue weighted by molar-refractivity contribution is 7.89. The van der Waals surface area contributed by atoms with E-state index in [0.717, 1.165) is 23.2 Å². The molecule has 1 aliphatic carbocycles. The molecule has 5 nitrogen and oxygen atoms in total. The second-order valence-corrected chi connectivity index (χ2v) is 13.4. The van der Waals surface area contributed by atoms with E-state index in [0.29, 0.717) is 31.1 Å². The Hall–Kier alpha value is -3.78. The zero-order valence-electron chi connectivity index (χ0n) is 23.3. The van der Waals surface area contributed by atoms with Crippen molar-refractivity contribution in [1.29, 1.82) is 0 Å². The van der Waals surface area contributed by atoms with Crippen LogP contribution in [-0.4, -0.2) is 43.8 Å². The van der Waals surface area contributed by atoms with Gasteiger partial charge < -0.3 is 5.32 Å². The maximum atomic E-state index is 13.9. The van der Waals surface area contributed by atoms with Gasteiger partial charge in [-0.3, -0.25) is 4.90 Å². The standard InChI is InChI=1S/C35H34FN3O2S/c36-28-16-14-25(15-17-28)34-31-13-7-12-30(31)32-24-29(18-19-33(32)37-34)42(40,41)39-22-20-38(21-23-39)35(26-8-3-1-4-9-26)27-10-5-2-6-11-27/h1-12,14-19,24,30-31,34-35,37H,13,20-23H2. The number of anilines is 1. The Kier molecular flexibility index (Phi) is 7.18. The molecule has 0 amide bonds. The van der Waals surface area contributed by atoms with Crippen molar-refractivity contribution in [1.82, 2.24) is 9.21 Å². The Bertz CT molecular complexity index is 1650. The van der Waals surface area contributed by atoms with E-state index in [-0.39, 0.29) is 29.7 Å². The average Bonchev–Trinajstić information content (AvgIpc) is 3.53. The summed E-state index contributed by atoms with van der Waals surface area (Å²) in [6, 6.07) is 33.2. The first-order valence-corrected chi connectivity index (χ1v) is 16.1. The first-order chi connectivity index (χ1) is 20.5. The van der Waals surface area contributed by atoms with Gasteiger partial charge in [0.25, 0.3) is 0 Å². The highest BCUT2D eigenvalue weighted by Crippen LogP contribution is 2.50. The number of piperazine rings is 1. The van der Waals surface area contributed by atoms with Crippen molar-refractivity contribution in [2.24, 2.45) is 5.92 Å². The summed E-state index contributed by atoms with van der Waals surface area (Å²) < 4.78 is 43.1. The monoisotopic (exact) mass is 579 g/mol. The molecule has 1 N–H and O–H groups in total. The summed E-state index contributed by atoms with van der Waals surface area (Å²) in [5.41, 5.74) is 5.41. The van der Waals surface area contributed by atoms with Gasteiger partial charge in [0.15, 0.2) is 0 Å². The third kappa shape index (κ3) is 4.96. The summed E-state index contributed by atoms with van der Waals surface area (Å²) in [6.07, 6.45) is 5.27. The van der Waals surface area contributed by atoms with Gasteiger partial charge in [-0.05, 0) is 64.9 Å². The third-order valence-electron chi connectivity index (χ3n) is 9.07. The molecule has 2 heterocycles. The summed E-state index contributed by atoms with van der Waals surface area (Å²) >= 11 is 0. The molecular formula is C35H34FN3O2S. The molecule has 0 bridgehead atoms. The Labute approximate surface area is 247 Å². The van der Waals surface area contributed by atoms with E-state index in [4.69, 9.17) is 0 Å². The fourth-order valence-electron chi connectivity index (χ4n) is 6.97. The lowest BCUT2D eigenvalue weighted by Gasteiger charge is -2.40. The molecule has 4 aromatic rings. The van der Waals surface area contributed by atoms with Gasteiger partial charge in [0.05, 0.1) is 17.0 Å². The van der Waals surface area contributed by atoms with E-state index in [2.05, 4.69) is 70.9 Å². The Morgan fingerprint density at radius 1 is 0.786 bits per heavy atom. The number of fused-ring (bicyclic) bond motifs is 3. The molecule has 7 rings (SSSR count). The largest absolute Gasteiger partial charge is 0.378 e. The molecule has 2 aliphatic heterocycles. The normalized spacial score (nSPS) is 22.5. The number of halogens is 1. The molecule has 0 radical (unpaired) electrons. The number of sulfonamides is 1. The minimum atomic E-state index is -3.66. The van der Waals surface area contributed by atoms with Gasteiger partial charge in [0, 0.05) is 37.8 Å². The highest BCUT2D eigenvalue weighted by Gasteiger charge is 2.39. The number of hydrogen-bond acceptors (Lipinski definition) is 4. The molecule has 42 heavy (non-hydrogen) atoms. The highest BCUT2D eigenvalue weighted by atomic mass is 32.2. The zero-order valence-corrected chi connectivity index (χ0v) is 24.1. The lowest BCUT2D eigenvalue weighted by atomic mass is 9.77. The van der Waals surface area contributed by atoms with E-state index in [1.54, 1.807) is 10.4 Å². The van der Waals surface area contributed by atoms with Crippen molar-refractivity contribution in [2.75, 3.05) is 31.5 Å². The lowest BCUT2D eigenvalue weighted by Crippen LogP contribution is -2.49. The molecule has 0 spiro atoms. The molecule has 4 aromatic carbocycles. The van der Waals surface area contributed by atoms with Gasteiger partial charge in [-0.2, -0.15) is 4.31 Å². The fourth-order valence-corrected chi connectivity index (χ4v) is 8.43. The van der Waals surface area contributed by atoms with Gasteiger partial charge in [-0.25, -0.2) is 12.8 Å². The smallest absolute Gasteiger partial charge is 0.243 e. The van der Waals surface area contributed by atoms with Gasteiger partial charge in [0.2, 0.25) is 10.0 Å². The molecular weight excluding hydrogens is 545 g/mol. The Morgan fingerprint density at radius 2 is 1.43 bits per heavy atom. The van der Waals surface area contributed by atoms with Crippen LogP contribution in [-0.2, 0) is 10.0 Å². The lowest BCUT2D eigenvalue weighted by molar-refractivity contribution is 0.156. The molecule has 3 aliphatic rings. The molecule has 7 heteroatoms. The fraction of sp³-hybridized carbons (Fsp3) is 0.257. The van der Waals surface area contributed by atoms with Crippen LogP contribution in [0.3, 0.4) is 0 Å². The van der Waals surface area contributed by atoms with Crippen molar-refractivity contribution in [3.05, 3.63) is 143 Å². The predicted octanol–water partition coefficient (Wildman–Crippen LogP) is 6.75. The van der Waals surface area contributed by atoms with Crippen molar-refractivity contribution in [3.8, 4) is 0 Å². The molecule has 214 valence electrons. The van der Waals surface area contributed by atoms with Crippen molar-refractivity contribution < 1.29 is 12.8 Å². The number of nitrogens with one attached hydrogen (secondary N) is 1. The van der Waals surface area contributed by atoms with Crippen LogP contribution in [0.1, 0.15) is 46.7 Å². The van der Waals surface area contributed by atoms with Gasteiger partial charge in [-0.1, -0.05) is 84.9 Å². The minimum absolute atomic E-state index is 0.0378. The van der Waals surface area contributed by atoms with Crippen molar-refractivity contribution in [3.63, 3.8) is 0 Å². The maximum absolute atomic E-state index is 13.9. The Balaban J connectivity index is 1.12. The number of benzene rings is 4. The van der Waals surface area contributed by atoms with E-state index in [9.17, 15) is 12.8 Å². The van der Waals surface area contributed by atoms with Crippen LogP contribution in [0, 0.1) is 11.7 Å². The molecule has 3 atom stereocenters. The van der Waals surface area contributed by atoms with Crippen LogP contribution in [0.5, 0.6) is 0 Å². The number of rotatable bonds is 6. The maximum Gasteiger partial charge on any atom is 0.243 e. The van der Waals surface area contributed by atoms with Gasteiger partial charge in [-0.15, -0.1) is 0 Å². The average molecular weight is 580 g/mol. The predicted molar refractivity (Wildman–Crippen MR) is 164 cm³/mol. The van der Waals surface area contributed by atoms with Gasteiger partial charge >= 0.3 is 0 Å². The third-order valence-corrected chi connectivity index (χ3v) is 11.0. The van der Waals surface area contributed by atoms with Crippen LogP contribution < -0.4 is 5.32 Å². The van der Waals surface area contributed by atoms with Crippen LogP contribution in [0.15, 0.2) is 120 Å². The first kappa shape index (κ1) is 27.1. The zero-order chi connectivity index (χ0) is 28.7. The second kappa shape index (κ2) is 11.1. The van der Waals surface area contributed by atoms with Gasteiger partial charge in [0.1, 0.15) is 5.82 Å². The first-order valence-electron chi connectivity index (χ1n) is 14.7.